The zero-order chi connectivity index (χ0) is 6.97. The molecule has 0 aromatic carbocycles. The van der Waals surface area contributed by atoms with E-state index in [9.17, 15) is 0 Å². The van der Waals surface area contributed by atoms with Gasteiger partial charge in [-0.2, -0.15) is 0 Å². The monoisotopic (exact) mass is 136 g/mol. The lowest BCUT2D eigenvalue weighted by Gasteiger charge is -2.13. The number of hydrogen-bond donors (Lipinski definition) is 0. The Morgan fingerprint density at radius 2 is 2.50 bits per heavy atom. The van der Waals surface area contributed by atoms with Crippen LogP contribution < -0.4 is 0 Å². The normalized spacial score (nSPS) is 31.1. The van der Waals surface area contributed by atoms with Crippen molar-refractivity contribution < 1.29 is 4.74 Å². The van der Waals surface area contributed by atoms with Gasteiger partial charge < -0.3 is 4.74 Å². The summed E-state index contributed by atoms with van der Waals surface area (Å²) in [5.41, 5.74) is 2.90. The molecule has 2 aliphatic rings. The predicted molar refractivity (Wildman–Crippen MR) is 40.8 cm³/mol. The van der Waals surface area contributed by atoms with E-state index in [0.717, 1.165) is 19.4 Å². The second-order valence-electron chi connectivity index (χ2n) is 3.01. The largest absolute Gasteiger partial charge is 0.373 e. The van der Waals surface area contributed by atoms with Crippen molar-refractivity contribution in [1.82, 2.24) is 0 Å². The van der Waals surface area contributed by atoms with Crippen LogP contribution in [-0.2, 0) is 4.74 Å². The molecule has 2 rings (SSSR count). The van der Waals surface area contributed by atoms with E-state index in [1.54, 1.807) is 0 Å². The molecule has 0 amide bonds. The van der Waals surface area contributed by atoms with E-state index in [1.807, 2.05) is 0 Å². The Morgan fingerprint density at radius 3 is 3.40 bits per heavy atom. The molecule has 1 aliphatic carbocycles. The van der Waals surface area contributed by atoms with E-state index in [1.165, 1.54) is 11.1 Å². The Balaban J connectivity index is 2.24. The van der Waals surface area contributed by atoms with Gasteiger partial charge in [0.2, 0.25) is 0 Å². The smallest absolute Gasteiger partial charge is 0.0823 e. The van der Waals surface area contributed by atoms with Crippen molar-refractivity contribution in [1.29, 1.82) is 0 Å². The third-order valence-corrected chi connectivity index (χ3v) is 2.19. The average Bonchev–Trinajstić information content (AvgIpc) is 2.33. The number of fused-ring (bicyclic) bond motifs is 1. The van der Waals surface area contributed by atoms with Crippen molar-refractivity contribution in [2.75, 3.05) is 6.61 Å². The Morgan fingerprint density at radius 1 is 1.60 bits per heavy atom. The highest BCUT2D eigenvalue weighted by atomic mass is 16.5. The number of rotatable bonds is 0. The van der Waals surface area contributed by atoms with Crippen LogP contribution in [0.5, 0.6) is 0 Å². The Hall–Kier alpha value is -0.560. The van der Waals surface area contributed by atoms with Crippen LogP contribution in [0.1, 0.15) is 19.8 Å². The van der Waals surface area contributed by atoms with E-state index in [0.29, 0.717) is 6.10 Å². The molecule has 1 atom stereocenters. The second kappa shape index (κ2) is 2.24. The molecule has 0 N–H and O–H groups in total. The molecule has 0 radical (unpaired) electrons. The molecule has 1 aliphatic heterocycles. The van der Waals surface area contributed by atoms with Crippen molar-refractivity contribution in [3.8, 4) is 0 Å². The summed E-state index contributed by atoms with van der Waals surface area (Å²) in [5, 5.41) is 0. The highest BCUT2D eigenvalue weighted by Gasteiger charge is 2.22. The second-order valence-corrected chi connectivity index (χ2v) is 3.01. The van der Waals surface area contributed by atoms with Crippen molar-refractivity contribution in [2.24, 2.45) is 0 Å². The summed E-state index contributed by atoms with van der Waals surface area (Å²) >= 11 is 0. The van der Waals surface area contributed by atoms with Gasteiger partial charge in [0.25, 0.3) is 0 Å². The molecule has 0 aromatic rings. The van der Waals surface area contributed by atoms with Crippen LogP contribution in [0.15, 0.2) is 23.3 Å². The highest BCUT2D eigenvalue weighted by Crippen LogP contribution is 2.28. The fourth-order valence-corrected chi connectivity index (χ4v) is 1.62. The third kappa shape index (κ3) is 0.907. The third-order valence-electron chi connectivity index (χ3n) is 2.19. The first-order valence-corrected chi connectivity index (χ1v) is 3.85. The van der Waals surface area contributed by atoms with Crippen LogP contribution in [0.4, 0.5) is 0 Å². The van der Waals surface area contributed by atoms with Crippen LogP contribution in [0.2, 0.25) is 0 Å². The first-order valence-electron chi connectivity index (χ1n) is 3.85. The van der Waals surface area contributed by atoms with Gasteiger partial charge in [-0.3, -0.25) is 0 Å². The zero-order valence-corrected chi connectivity index (χ0v) is 6.26. The summed E-state index contributed by atoms with van der Waals surface area (Å²) in [6, 6.07) is 0. The van der Waals surface area contributed by atoms with Crippen molar-refractivity contribution >= 4 is 0 Å². The minimum absolute atomic E-state index is 0.434. The molecule has 0 saturated carbocycles. The molecule has 1 unspecified atom stereocenters. The first-order chi connectivity index (χ1) is 4.86. The summed E-state index contributed by atoms with van der Waals surface area (Å²) in [6.45, 7) is 3.08. The Kier molecular flexibility index (Phi) is 1.38. The lowest BCUT2D eigenvalue weighted by Crippen LogP contribution is -2.08. The maximum absolute atomic E-state index is 5.49. The molecule has 1 heteroatoms. The molecule has 1 heterocycles. The molecule has 0 spiro atoms. The fourth-order valence-electron chi connectivity index (χ4n) is 1.62. The van der Waals surface area contributed by atoms with Crippen molar-refractivity contribution in [3.05, 3.63) is 23.3 Å². The minimum atomic E-state index is 0.434. The Bertz CT molecular complexity index is 201. The SMILES string of the molecule is CC1=CCC2OCCC2=C1. The molecule has 1 fully saturated rings. The molecular formula is C9H12O. The van der Waals surface area contributed by atoms with Gasteiger partial charge >= 0.3 is 0 Å². The minimum Gasteiger partial charge on any atom is -0.373 e. The van der Waals surface area contributed by atoms with Gasteiger partial charge in [0.05, 0.1) is 12.7 Å². The summed E-state index contributed by atoms with van der Waals surface area (Å²) in [4.78, 5) is 0. The van der Waals surface area contributed by atoms with Crippen LogP contribution >= 0.6 is 0 Å². The van der Waals surface area contributed by atoms with Gasteiger partial charge in [0.15, 0.2) is 0 Å². The van der Waals surface area contributed by atoms with Crippen molar-refractivity contribution in [3.63, 3.8) is 0 Å². The quantitative estimate of drug-likeness (QED) is 0.495. The van der Waals surface area contributed by atoms with Crippen LogP contribution in [0, 0.1) is 0 Å². The number of hydrogen-bond acceptors (Lipinski definition) is 1. The van der Waals surface area contributed by atoms with Crippen LogP contribution in [0.25, 0.3) is 0 Å². The zero-order valence-electron chi connectivity index (χ0n) is 6.26. The van der Waals surface area contributed by atoms with Crippen molar-refractivity contribution in [2.45, 2.75) is 25.9 Å². The lowest BCUT2D eigenvalue weighted by molar-refractivity contribution is 0.125. The average molecular weight is 136 g/mol. The number of ether oxygens (including phenoxy) is 1. The van der Waals surface area contributed by atoms with E-state index < -0.39 is 0 Å². The lowest BCUT2D eigenvalue weighted by atomic mass is 9.97. The molecule has 1 nitrogen and oxygen atoms in total. The molecular weight excluding hydrogens is 124 g/mol. The molecule has 0 aromatic heterocycles. The van der Waals surface area contributed by atoms with Crippen LogP contribution in [-0.4, -0.2) is 12.7 Å². The van der Waals surface area contributed by atoms with Gasteiger partial charge in [0, 0.05) is 0 Å². The van der Waals surface area contributed by atoms with Gasteiger partial charge in [-0.1, -0.05) is 17.7 Å². The molecule has 10 heavy (non-hydrogen) atoms. The fraction of sp³-hybridized carbons (Fsp3) is 0.556. The summed E-state index contributed by atoms with van der Waals surface area (Å²) in [6.07, 6.45) is 7.19. The summed E-state index contributed by atoms with van der Waals surface area (Å²) in [7, 11) is 0. The first kappa shape index (κ1) is 6.17. The maximum atomic E-state index is 5.49. The van der Waals surface area contributed by atoms with E-state index in [4.69, 9.17) is 4.74 Å². The van der Waals surface area contributed by atoms with E-state index in [2.05, 4.69) is 19.1 Å². The van der Waals surface area contributed by atoms with E-state index in [-0.39, 0.29) is 0 Å². The summed E-state index contributed by atoms with van der Waals surface area (Å²) < 4.78 is 5.49. The standard InChI is InChI=1S/C9H12O/c1-7-2-3-9-8(6-7)4-5-10-9/h2,6,9H,3-5H2,1H3. The highest BCUT2D eigenvalue weighted by molar-refractivity contribution is 5.30. The predicted octanol–water partition coefficient (Wildman–Crippen LogP) is 2.05. The Labute approximate surface area is 61.4 Å². The van der Waals surface area contributed by atoms with Gasteiger partial charge in [0.1, 0.15) is 0 Å². The number of allylic oxidation sites excluding steroid dienone is 2. The van der Waals surface area contributed by atoms with Gasteiger partial charge in [-0.05, 0) is 25.3 Å². The molecule has 54 valence electrons. The summed E-state index contributed by atoms with van der Waals surface area (Å²) in [5.74, 6) is 0. The maximum Gasteiger partial charge on any atom is 0.0823 e. The van der Waals surface area contributed by atoms with Gasteiger partial charge in [-0.25, -0.2) is 0 Å². The van der Waals surface area contributed by atoms with Crippen LogP contribution in [0.3, 0.4) is 0 Å². The molecule has 0 bridgehead atoms. The van der Waals surface area contributed by atoms with E-state index >= 15 is 0 Å². The van der Waals surface area contributed by atoms with Gasteiger partial charge in [-0.15, -0.1) is 0 Å². The topological polar surface area (TPSA) is 9.23 Å². The molecule has 1 saturated heterocycles.